The Balaban J connectivity index is 1.36. The molecule has 2 amide bonds. The van der Waals surface area contributed by atoms with E-state index in [-0.39, 0.29) is 18.1 Å². The predicted molar refractivity (Wildman–Crippen MR) is 121 cm³/mol. The number of anilines is 1. The van der Waals surface area contributed by atoms with Crippen molar-refractivity contribution in [3.63, 3.8) is 0 Å². The molecule has 0 aliphatic carbocycles. The number of ether oxygens (including phenoxy) is 2. The summed E-state index contributed by atoms with van der Waals surface area (Å²) in [7, 11) is 1.59. The van der Waals surface area contributed by atoms with E-state index in [0.29, 0.717) is 51.4 Å². The van der Waals surface area contributed by atoms with E-state index in [2.05, 4.69) is 5.32 Å². The van der Waals surface area contributed by atoms with E-state index < -0.39 is 17.6 Å². The monoisotopic (exact) mass is 479 g/mol. The summed E-state index contributed by atoms with van der Waals surface area (Å²) in [5.41, 5.74) is -1.14. The lowest BCUT2D eigenvalue weighted by Crippen LogP contribution is -2.50. The van der Waals surface area contributed by atoms with Crippen LogP contribution < -0.4 is 14.8 Å². The molecule has 1 heterocycles. The van der Waals surface area contributed by atoms with Crippen molar-refractivity contribution in [2.45, 2.75) is 19.0 Å². The van der Waals surface area contributed by atoms with Crippen LogP contribution in [0, 0.1) is 0 Å². The van der Waals surface area contributed by atoms with Gasteiger partial charge in [0.05, 0.1) is 31.5 Å². The number of carbonyl (C=O) groups is 2. The maximum Gasteiger partial charge on any atom is 0.418 e. The van der Waals surface area contributed by atoms with Crippen molar-refractivity contribution in [1.82, 2.24) is 9.80 Å². The summed E-state index contributed by atoms with van der Waals surface area (Å²) in [5, 5.41) is 2.35. The Hall–Kier alpha value is -3.27. The van der Waals surface area contributed by atoms with Gasteiger partial charge in [-0.05, 0) is 42.8 Å². The highest BCUT2D eigenvalue weighted by atomic mass is 19.4. The van der Waals surface area contributed by atoms with Crippen LogP contribution in [0.2, 0.25) is 0 Å². The van der Waals surface area contributed by atoms with Gasteiger partial charge in [0, 0.05) is 32.6 Å². The molecule has 184 valence electrons. The van der Waals surface area contributed by atoms with Gasteiger partial charge in [-0.25, -0.2) is 0 Å². The van der Waals surface area contributed by atoms with Gasteiger partial charge in [0.1, 0.15) is 11.5 Å². The van der Waals surface area contributed by atoms with Gasteiger partial charge in [-0.1, -0.05) is 12.1 Å². The number of rotatable bonds is 9. The van der Waals surface area contributed by atoms with Gasteiger partial charge in [0.2, 0.25) is 11.8 Å². The van der Waals surface area contributed by atoms with E-state index >= 15 is 0 Å². The summed E-state index contributed by atoms with van der Waals surface area (Å²) in [6.45, 7) is 2.25. The highest BCUT2D eigenvalue weighted by Crippen LogP contribution is 2.34. The molecule has 0 spiro atoms. The van der Waals surface area contributed by atoms with E-state index in [4.69, 9.17) is 9.47 Å². The number of nitrogens with one attached hydrogen (secondary N) is 1. The highest BCUT2D eigenvalue weighted by molar-refractivity contribution is 5.93. The molecule has 0 saturated carbocycles. The second-order valence-electron chi connectivity index (χ2n) is 7.88. The molecule has 1 fully saturated rings. The SMILES string of the molecule is COc1ccc(OCCCC(=O)N2CCN(CC(=O)Nc3ccccc3C(F)(F)F)CC2)cc1. The zero-order valence-corrected chi connectivity index (χ0v) is 18.9. The first-order valence-corrected chi connectivity index (χ1v) is 11.0. The molecule has 0 bridgehead atoms. The standard InChI is InChI=1S/C24H28F3N3O4/c1-33-18-8-10-19(11-9-18)34-16-4-7-23(32)30-14-12-29(13-15-30)17-22(31)28-21-6-3-2-5-20(21)24(25,26)27/h2-3,5-6,8-11H,4,7,12-17H2,1H3,(H,28,31). The van der Waals surface area contributed by atoms with Crippen molar-refractivity contribution in [3.05, 3.63) is 54.1 Å². The molecule has 0 atom stereocenters. The number of hydrogen-bond donors (Lipinski definition) is 1. The molecule has 1 aliphatic rings. The molecule has 0 unspecified atom stereocenters. The van der Waals surface area contributed by atoms with Crippen LogP contribution in [0.5, 0.6) is 11.5 Å². The summed E-state index contributed by atoms with van der Waals surface area (Å²) >= 11 is 0. The Morgan fingerprint density at radius 2 is 1.62 bits per heavy atom. The van der Waals surface area contributed by atoms with E-state index in [0.717, 1.165) is 11.8 Å². The second-order valence-corrected chi connectivity index (χ2v) is 7.88. The molecule has 1 aliphatic heterocycles. The van der Waals surface area contributed by atoms with Gasteiger partial charge in [0.15, 0.2) is 0 Å². The number of piperazine rings is 1. The Bertz CT molecular complexity index is 959. The van der Waals surface area contributed by atoms with E-state index in [1.807, 2.05) is 4.90 Å². The molecule has 1 saturated heterocycles. The number of carbonyl (C=O) groups excluding carboxylic acids is 2. The lowest BCUT2D eigenvalue weighted by atomic mass is 10.1. The van der Waals surface area contributed by atoms with Crippen LogP contribution in [0.1, 0.15) is 18.4 Å². The topological polar surface area (TPSA) is 71.1 Å². The van der Waals surface area contributed by atoms with Crippen LogP contribution in [-0.2, 0) is 15.8 Å². The minimum Gasteiger partial charge on any atom is -0.497 e. The van der Waals surface area contributed by atoms with Crippen LogP contribution in [0.3, 0.4) is 0 Å². The minimum absolute atomic E-state index is 0.0153. The van der Waals surface area contributed by atoms with Crippen molar-refractivity contribution in [1.29, 1.82) is 0 Å². The summed E-state index contributed by atoms with van der Waals surface area (Å²) < 4.78 is 50.0. The number of alkyl halides is 3. The summed E-state index contributed by atoms with van der Waals surface area (Å²) in [6, 6.07) is 12.1. The molecule has 3 rings (SSSR count). The Kier molecular flexibility index (Phi) is 8.75. The van der Waals surface area contributed by atoms with E-state index in [1.54, 1.807) is 36.3 Å². The van der Waals surface area contributed by atoms with Crippen LogP contribution in [-0.4, -0.2) is 68.1 Å². The number of para-hydroxylation sites is 1. The van der Waals surface area contributed by atoms with Gasteiger partial charge in [-0.15, -0.1) is 0 Å². The number of nitrogens with zero attached hydrogens (tertiary/aromatic N) is 2. The molecule has 34 heavy (non-hydrogen) atoms. The average Bonchev–Trinajstić information content (AvgIpc) is 2.82. The smallest absolute Gasteiger partial charge is 0.418 e. The average molecular weight is 479 g/mol. The van der Waals surface area contributed by atoms with Gasteiger partial charge in [-0.2, -0.15) is 13.2 Å². The highest BCUT2D eigenvalue weighted by Gasteiger charge is 2.33. The first-order chi connectivity index (χ1) is 16.3. The molecule has 2 aromatic rings. The third-order valence-electron chi connectivity index (χ3n) is 5.46. The molecule has 1 N–H and O–H groups in total. The first-order valence-electron chi connectivity index (χ1n) is 11.0. The lowest BCUT2D eigenvalue weighted by Gasteiger charge is -2.34. The van der Waals surface area contributed by atoms with Crippen LogP contribution in [0.25, 0.3) is 0 Å². The largest absolute Gasteiger partial charge is 0.497 e. The number of benzene rings is 2. The Morgan fingerprint density at radius 1 is 0.971 bits per heavy atom. The number of amides is 2. The minimum atomic E-state index is -4.55. The second kappa shape index (κ2) is 11.7. The van der Waals surface area contributed by atoms with Gasteiger partial charge in [-0.3, -0.25) is 14.5 Å². The lowest BCUT2D eigenvalue weighted by molar-refractivity contribution is -0.137. The van der Waals surface area contributed by atoms with Gasteiger partial charge in [0.25, 0.3) is 0 Å². The molecule has 0 aromatic heterocycles. The fourth-order valence-electron chi connectivity index (χ4n) is 3.63. The Labute approximate surface area is 196 Å². The molecule has 0 radical (unpaired) electrons. The normalized spacial score (nSPS) is 14.5. The molecular weight excluding hydrogens is 451 g/mol. The van der Waals surface area contributed by atoms with E-state index in [9.17, 15) is 22.8 Å². The quantitative estimate of drug-likeness (QED) is 0.556. The Morgan fingerprint density at radius 3 is 2.26 bits per heavy atom. The summed E-state index contributed by atoms with van der Waals surface area (Å²) in [4.78, 5) is 28.3. The van der Waals surface area contributed by atoms with Crippen molar-refractivity contribution in [3.8, 4) is 11.5 Å². The van der Waals surface area contributed by atoms with Crippen LogP contribution in [0.15, 0.2) is 48.5 Å². The third kappa shape index (κ3) is 7.38. The molecule has 2 aromatic carbocycles. The third-order valence-corrected chi connectivity index (χ3v) is 5.46. The summed E-state index contributed by atoms with van der Waals surface area (Å²) in [6.07, 6.45) is -3.62. The van der Waals surface area contributed by atoms with Crippen molar-refractivity contribution in [2.75, 3.05) is 51.8 Å². The maximum atomic E-state index is 13.1. The maximum absolute atomic E-state index is 13.1. The molecule has 10 heteroatoms. The molecular formula is C24H28F3N3O4. The van der Waals surface area contributed by atoms with Crippen molar-refractivity contribution >= 4 is 17.5 Å². The van der Waals surface area contributed by atoms with Crippen LogP contribution in [0.4, 0.5) is 18.9 Å². The van der Waals surface area contributed by atoms with E-state index in [1.165, 1.54) is 18.2 Å². The zero-order chi connectivity index (χ0) is 24.6. The molecule has 7 nitrogen and oxygen atoms in total. The first kappa shape index (κ1) is 25.4. The van der Waals surface area contributed by atoms with Gasteiger partial charge < -0.3 is 19.7 Å². The van der Waals surface area contributed by atoms with Crippen LogP contribution >= 0.6 is 0 Å². The number of methoxy groups -OCH3 is 1. The van der Waals surface area contributed by atoms with Crippen molar-refractivity contribution in [2.24, 2.45) is 0 Å². The number of hydrogen-bond acceptors (Lipinski definition) is 5. The zero-order valence-electron chi connectivity index (χ0n) is 18.9. The van der Waals surface area contributed by atoms with Gasteiger partial charge >= 0.3 is 6.18 Å². The fourth-order valence-corrected chi connectivity index (χ4v) is 3.63. The predicted octanol–water partition coefficient (Wildman–Crippen LogP) is 3.66. The van der Waals surface area contributed by atoms with Crippen molar-refractivity contribution < 1.29 is 32.2 Å². The number of halogens is 3. The fraction of sp³-hybridized carbons (Fsp3) is 0.417. The summed E-state index contributed by atoms with van der Waals surface area (Å²) in [5.74, 6) is 0.942.